The molecule has 0 amide bonds. The average molecular weight is 293 g/mol. The lowest BCUT2D eigenvalue weighted by molar-refractivity contribution is 0.619. The fourth-order valence-corrected chi connectivity index (χ4v) is 1.64. The molecule has 0 radical (unpaired) electrons. The summed E-state index contributed by atoms with van der Waals surface area (Å²) in [5.74, 6) is -0.695. The number of hydrogen-bond donors (Lipinski definition) is 1. The quantitative estimate of drug-likeness (QED) is 0.838. The van der Waals surface area contributed by atoms with E-state index in [4.69, 9.17) is 34.8 Å². The first kappa shape index (κ1) is 12.4. The lowest BCUT2D eigenvalue weighted by Gasteiger charge is -2.08. The third-order valence-electron chi connectivity index (χ3n) is 1.92. The van der Waals surface area contributed by atoms with Gasteiger partial charge < -0.3 is 5.32 Å². The number of benzene rings is 1. The summed E-state index contributed by atoms with van der Waals surface area (Å²) >= 11 is 17.3. The van der Waals surface area contributed by atoms with Gasteiger partial charge in [-0.3, -0.25) is 0 Å². The molecule has 0 fully saturated rings. The van der Waals surface area contributed by atoms with Crippen LogP contribution in [0, 0.1) is 5.82 Å². The van der Waals surface area contributed by atoms with Crippen LogP contribution < -0.4 is 5.32 Å². The van der Waals surface area contributed by atoms with Crippen LogP contribution in [0.5, 0.6) is 0 Å². The van der Waals surface area contributed by atoms with Crippen LogP contribution in [-0.2, 0) is 0 Å². The number of anilines is 2. The molecule has 0 aliphatic carbocycles. The topological polar surface area (TPSA) is 37.8 Å². The van der Waals surface area contributed by atoms with Crippen molar-refractivity contribution in [1.82, 2.24) is 9.97 Å². The Morgan fingerprint density at radius 1 is 1.18 bits per heavy atom. The number of nitrogens with one attached hydrogen (secondary N) is 1. The maximum atomic E-state index is 13.4. The second-order valence-corrected chi connectivity index (χ2v) is 4.19. The zero-order valence-electron chi connectivity index (χ0n) is 8.22. The summed E-state index contributed by atoms with van der Waals surface area (Å²) in [6.45, 7) is 0. The van der Waals surface area contributed by atoms with Gasteiger partial charge in [0, 0.05) is 0 Å². The van der Waals surface area contributed by atoms with Gasteiger partial charge in [0.2, 0.25) is 5.28 Å². The number of aromatic nitrogens is 2. The molecule has 88 valence electrons. The molecule has 1 aromatic heterocycles. The fourth-order valence-electron chi connectivity index (χ4n) is 1.16. The van der Waals surface area contributed by atoms with Crippen LogP contribution in [0.15, 0.2) is 24.4 Å². The van der Waals surface area contributed by atoms with Gasteiger partial charge in [-0.25, -0.2) is 9.37 Å². The summed E-state index contributed by atoms with van der Waals surface area (Å²) in [6.07, 6.45) is 0.968. The Bertz CT molecular complexity index is 562. The van der Waals surface area contributed by atoms with E-state index in [1.807, 2.05) is 0 Å². The molecule has 1 aromatic carbocycles. The van der Waals surface area contributed by atoms with Crippen LogP contribution in [0.4, 0.5) is 15.9 Å². The van der Waals surface area contributed by atoms with Crippen molar-refractivity contribution in [3.63, 3.8) is 0 Å². The second kappa shape index (κ2) is 5.04. The van der Waals surface area contributed by atoms with E-state index < -0.39 is 5.82 Å². The molecule has 1 N–H and O–H groups in total. The molecule has 17 heavy (non-hydrogen) atoms. The molecule has 0 saturated carbocycles. The molecule has 0 aliphatic heterocycles. The van der Waals surface area contributed by atoms with Crippen molar-refractivity contribution in [2.45, 2.75) is 0 Å². The minimum Gasteiger partial charge on any atom is -0.336 e. The lowest BCUT2D eigenvalue weighted by Crippen LogP contribution is -1.99. The predicted molar refractivity (Wildman–Crippen MR) is 66.7 cm³/mol. The minimum atomic E-state index is -0.634. The van der Waals surface area contributed by atoms with Gasteiger partial charge in [-0.15, -0.1) is 0 Å². The highest BCUT2D eigenvalue weighted by Crippen LogP contribution is 2.31. The van der Waals surface area contributed by atoms with Gasteiger partial charge >= 0.3 is 0 Å². The van der Waals surface area contributed by atoms with Crippen molar-refractivity contribution in [3.8, 4) is 0 Å². The van der Waals surface area contributed by atoms with Crippen LogP contribution in [0.3, 0.4) is 0 Å². The molecule has 2 aromatic rings. The van der Waals surface area contributed by atoms with E-state index in [2.05, 4.69) is 15.3 Å². The molecule has 0 aliphatic rings. The number of rotatable bonds is 2. The van der Waals surface area contributed by atoms with Gasteiger partial charge in [-0.2, -0.15) is 4.98 Å². The number of nitrogens with zero attached hydrogens (tertiary/aromatic N) is 2. The summed E-state index contributed by atoms with van der Waals surface area (Å²) in [5, 5.41) is 3.27. The van der Waals surface area contributed by atoms with Crippen LogP contribution >= 0.6 is 34.8 Å². The molecule has 7 heteroatoms. The van der Waals surface area contributed by atoms with E-state index in [1.165, 1.54) is 0 Å². The first-order chi connectivity index (χ1) is 8.08. The van der Waals surface area contributed by atoms with Crippen molar-refractivity contribution in [3.05, 3.63) is 45.5 Å². The van der Waals surface area contributed by atoms with Gasteiger partial charge in [0.05, 0.1) is 21.9 Å². The summed E-state index contributed by atoms with van der Waals surface area (Å²) in [6, 6.07) is 4.94. The van der Waals surface area contributed by atoms with E-state index in [9.17, 15) is 4.39 Å². The summed E-state index contributed by atoms with van der Waals surface area (Å²) in [7, 11) is 0. The first-order valence-electron chi connectivity index (χ1n) is 4.47. The lowest BCUT2D eigenvalue weighted by atomic mass is 10.3. The summed E-state index contributed by atoms with van der Waals surface area (Å²) in [5.41, 5.74) is 0.438. The van der Waals surface area contributed by atoms with Crippen molar-refractivity contribution in [2.75, 3.05) is 5.32 Å². The normalized spacial score (nSPS) is 10.4. The minimum absolute atomic E-state index is 0.0610. The van der Waals surface area contributed by atoms with E-state index in [1.54, 1.807) is 18.2 Å². The van der Waals surface area contributed by atoms with Crippen molar-refractivity contribution >= 4 is 46.3 Å². The Morgan fingerprint density at radius 2 is 1.94 bits per heavy atom. The van der Waals surface area contributed by atoms with Crippen LogP contribution in [-0.4, -0.2) is 9.97 Å². The van der Waals surface area contributed by atoms with Gasteiger partial charge in [0.25, 0.3) is 0 Å². The molecular formula is C10H5Cl3FN3. The molecular weight excluding hydrogens is 287 g/mol. The number of hydrogen-bond acceptors (Lipinski definition) is 3. The molecule has 0 saturated heterocycles. The fraction of sp³-hybridized carbons (Fsp3) is 0. The molecule has 3 nitrogen and oxygen atoms in total. The highest BCUT2D eigenvalue weighted by Gasteiger charge is 2.09. The van der Waals surface area contributed by atoms with E-state index in [-0.39, 0.29) is 16.1 Å². The van der Waals surface area contributed by atoms with Crippen LogP contribution in [0.2, 0.25) is 15.3 Å². The highest BCUT2D eigenvalue weighted by atomic mass is 35.5. The second-order valence-electron chi connectivity index (χ2n) is 3.06. The Kier molecular flexibility index (Phi) is 3.66. The SMILES string of the molecule is Fc1cnc(Cl)nc1Nc1cccc(Cl)c1Cl. The van der Waals surface area contributed by atoms with E-state index in [0.29, 0.717) is 10.7 Å². The maximum absolute atomic E-state index is 13.4. The van der Waals surface area contributed by atoms with E-state index >= 15 is 0 Å². The summed E-state index contributed by atoms with van der Waals surface area (Å²) in [4.78, 5) is 7.21. The predicted octanol–water partition coefficient (Wildman–Crippen LogP) is 4.32. The standard InChI is InChI=1S/C10H5Cl3FN3/c11-5-2-1-3-7(8(5)12)16-9-6(14)4-15-10(13)17-9/h1-4H,(H,15,16,17). The Balaban J connectivity index is 2.38. The zero-order valence-corrected chi connectivity index (χ0v) is 10.5. The molecule has 0 bridgehead atoms. The molecule has 0 atom stereocenters. The molecule has 1 heterocycles. The summed E-state index contributed by atoms with van der Waals surface area (Å²) < 4.78 is 13.4. The van der Waals surface area contributed by atoms with Crippen LogP contribution in [0.1, 0.15) is 0 Å². The smallest absolute Gasteiger partial charge is 0.224 e. The van der Waals surface area contributed by atoms with Crippen LogP contribution in [0.25, 0.3) is 0 Å². The van der Waals surface area contributed by atoms with Gasteiger partial charge in [0.1, 0.15) is 0 Å². The zero-order chi connectivity index (χ0) is 12.4. The van der Waals surface area contributed by atoms with Gasteiger partial charge in [0.15, 0.2) is 11.6 Å². The highest BCUT2D eigenvalue weighted by molar-refractivity contribution is 6.43. The van der Waals surface area contributed by atoms with Gasteiger partial charge in [-0.1, -0.05) is 29.3 Å². The van der Waals surface area contributed by atoms with Crippen molar-refractivity contribution in [1.29, 1.82) is 0 Å². The Hall–Kier alpha value is -1.10. The Morgan fingerprint density at radius 3 is 2.71 bits per heavy atom. The van der Waals surface area contributed by atoms with Crippen molar-refractivity contribution < 1.29 is 4.39 Å². The first-order valence-corrected chi connectivity index (χ1v) is 5.60. The maximum Gasteiger partial charge on any atom is 0.224 e. The molecule has 0 spiro atoms. The number of halogens is 4. The molecule has 2 rings (SSSR count). The monoisotopic (exact) mass is 291 g/mol. The third-order valence-corrected chi connectivity index (χ3v) is 2.92. The van der Waals surface area contributed by atoms with Crippen molar-refractivity contribution in [2.24, 2.45) is 0 Å². The van der Waals surface area contributed by atoms with Gasteiger partial charge in [-0.05, 0) is 23.7 Å². The van der Waals surface area contributed by atoms with E-state index in [0.717, 1.165) is 6.20 Å². The Labute approximate surface area is 112 Å². The largest absolute Gasteiger partial charge is 0.336 e. The third kappa shape index (κ3) is 2.77. The molecule has 0 unspecified atom stereocenters. The average Bonchev–Trinajstić information content (AvgIpc) is 2.30.